The van der Waals surface area contributed by atoms with Gasteiger partial charge in [-0.1, -0.05) is 0 Å². The van der Waals surface area contributed by atoms with Gasteiger partial charge in [0.25, 0.3) is 0 Å². The molecule has 0 aromatic heterocycles. The second-order valence-electron chi connectivity index (χ2n) is 4.79. The molecule has 0 aromatic rings. The summed E-state index contributed by atoms with van der Waals surface area (Å²) < 4.78 is -2.06. The first kappa shape index (κ1) is 17.6. The summed E-state index contributed by atoms with van der Waals surface area (Å²) in [4.78, 5) is 0. The van der Waals surface area contributed by atoms with Crippen molar-refractivity contribution in [1.82, 2.24) is 0 Å². The van der Waals surface area contributed by atoms with Gasteiger partial charge in [-0.15, -0.1) is 0 Å². The first-order chi connectivity index (χ1) is 8.54. The topological polar surface area (TPSA) is 71.4 Å². The van der Waals surface area contributed by atoms with E-state index >= 15 is 0 Å². The van der Waals surface area contributed by atoms with E-state index in [-0.39, 0.29) is 0 Å². The van der Waals surface area contributed by atoms with E-state index < -0.39 is 4.25 Å². The minimum absolute atomic E-state index is 0.557. The molecule has 0 rings (SSSR count). The van der Waals surface area contributed by atoms with Gasteiger partial charge < -0.3 is 0 Å². The van der Waals surface area contributed by atoms with E-state index in [4.69, 9.17) is 15.8 Å². The van der Waals surface area contributed by atoms with Gasteiger partial charge in [0.05, 0.1) is 0 Å². The molecule has 0 aliphatic heterocycles. The molecule has 0 heterocycles. The van der Waals surface area contributed by atoms with Crippen molar-refractivity contribution >= 4 is 26.3 Å². The summed E-state index contributed by atoms with van der Waals surface area (Å²) in [6.45, 7) is 2.16. The first-order valence-corrected chi connectivity index (χ1v) is 12.1. The van der Waals surface area contributed by atoms with E-state index in [1.54, 1.807) is 0 Å². The van der Waals surface area contributed by atoms with Crippen molar-refractivity contribution in [2.45, 2.75) is 39.0 Å². The Labute approximate surface area is 124 Å². The van der Waals surface area contributed by atoms with Crippen molar-refractivity contribution < 1.29 is 0 Å². The van der Waals surface area contributed by atoms with Crippen LogP contribution >= 0.6 is 26.3 Å². The monoisotopic (exact) mass is 377 g/mol. The number of nitrogens with zero attached hydrogens (tertiary/aromatic N) is 3. The van der Waals surface area contributed by atoms with Gasteiger partial charge in [0, 0.05) is 0 Å². The van der Waals surface area contributed by atoms with Crippen LogP contribution in [0.5, 0.6) is 0 Å². The first-order valence-electron chi connectivity index (χ1n) is 6.37. The van der Waals surface area contributed by atoms with Crippen molar-refractivity contribution in [1.29, 1.82) is 15.8 Å². The number of halogens is 1. The Morgan fingerprint density at radius 2 is 1.22 bits per heavy atom. The molecule has 0 aliphatic carbocycles. The third-order valence-corrected chi connectivity index (χ3v) is 14.7. The molecule has 0 amide bonds. The average Bonchev–Trinajstić information content (AvgIpc) is 2.40. The molecule has 18 heavy (non-hydrogen) atoms. The Balaban J connectivity index is 5.03. The predicted octanol–water partition coefficient (Wildman–Crippen LogP) is 4.43. The van der Waals surface area contributed by atoms with Gasteiger partial charge in [0.2, 0.25) is 0 Å². The quantitative estimate of drug-likeness (QED) is 0.441. The second-order valence-corrected chi connectivity index (χ2v) is 18.4. The molecule has 0 bridgehead atoms. The fourth-order valence-electron chi connectivity index (χ4n) is 2.21. The van der Waals surface area contributed by atoms with Crippen LogP contribution < -0.4 is 0 Å². The molecule has 0 atom stereocenters. The number of hydrogen-bond donors (Lipinski definition) is 0. The summed E-state index contributed by atoms with van der Waals surface area (Å²) in [5.74, 6) is 0. The van der Waals surface area contributed by atoms with Crippen molar-refractivity contribution in [3.05, 3.63) is 0 Å². The molecule has 0 aliphatic rings. The van der Waals surface area contributed by atoms with Crippen molar-refractivity contribution in [3.63, 3.8) is 0 Å². The number of unbranched alkanes of at least 4 members (excludes halogenated alkanes) is 1. The Bertz CT molecular complexity index is 327. The third kappa shape index (κ3) is 5.99. The number of rotatable bonds is 9. The van der Waals surface area contributed by atoms with Crippen LogP contribution in [0.2, 0.25) is 0 Å². The molecule has 0 aromatic carbocycles. The van der Waals surface area contributed by atoms with E-state index in [2.05, 4.69) is 47.2 Å². The molecule has 0 spiro atoms. The molecule has 0 radical (unpaired) electrons. The summed E-state index contributed by atoms with van der Waals surface area (Å²) in [7, 11) is 0. The molecule has 0 N–H and O–H groups in total. The normalized spacial score (nSPS) is 12.7. The van der Waals surface area contributed by atoms with E-state index in [0.29, 0.717) is 19.3 Å². The summed E-state index contributed by atoms with van der Waals surface area (Å²) in [6, 6.07) is 6.72. The Morgan fingerprint density at radius 1 is 0.833 bits per heavy atom. The molecule has 0 fully saturated rings. The molecule has 3 nitrogen and oxygen atoms in total. The van der Waals surface area contributed by atoms with Gasteiger partial charge in [-0.05, 0) is 0 Å². The predicted molar refractivity (Wildman–Crippen MR) is 86.0 cm³/mol. The second kappa shape index (κ2) is 8.68. The van der Waals surface area contributed by atoms with E-state index in [1.807, 2.05) is 0 Å². The Kier molecular flexibility index (Phi) is 8.51. The van der Waals surface area contributed by atoms with Gasteiger partial charge in [0.1, 0.15) is 0 Å². The van der Waals surface area contributed by atoms with Gasteiger partial charge in [-0.25, -0.2) is 0 Å². The van der Waals surface area contributed by atoms with Crippen LogP contribution in [0.15, 0.2) is 0 Å². The third-order valence-electron chi connectivity index (χ3n) is 3.42. The molecule has 5 heteroatoms. The average molecular weight is 377 g/mol. The van der Waals surface area contributed by atoms with Gasteiger partial charge in [-0.3, -0.25) is 0 Å². The van der Waals surface area contributed by atoms with Crippen molar-refractivity contribution in [3.8, 4) is 18.2 Å². The van der Waals surface area contributed by atoms with Crippen LogP contribution in [-0.4, -0.2) is 24.6 Å². The van der Waals surface area contributed by atoms with Crippen LogP contribution in [0.3, 0.4) is 0 Å². The van der Waals surface area contributed by atoms with E-state index in [1.165, 1.54) is 0 Å². The molecule has 100 valence electrons. The molecule has 0 saturated carbocycles. The van der Waals surface area contributed by atoms with Crippen LogP contribution in [0, 0.1) is 34.0 Å². The molecule has 0 unspecified atom stereocenters. The summed E-state index contributed by atoms with van der Waals surface area (Å²) in [6.07, 6.45) is 7.79. The number of nitriles is 3. The SMILES string of the molecule is CCCCP(I)(CCC#N)(CCC#N)CCC#N. The molecular weight excluding hydrogens is 356 g/mol. The zero-order valence-corrected chi connectivity index (χ0v) is 14.1. The van der Waals surface area contributed by atoms with Crippen LogP contribution in [0.1, 0.15) is 39.0 Å². The summed E-state index contributed by atoms with van der Waals surface area (Å²) in [5, 5.41) is 26.6. The van der Waals surface area contributed by atoms with E-state index in [9.17, 15) is 0 Å². The maximum absolute atomic E-state index is 8.86. The maximum atomic E-state index is 8.86. The zero-order valence-electron chi connectivity index (χ0n) is 11.0. The Hall–Kier alpha value is -0.370. The fourth-order valence-corrected chi connectivity index (χ4v) is 9.83. The Morgan fingerprint density at radius 3 is 1.50 bits per heavy atom. The summed E-state index contributed by atoms with van der Waals surface area (Å²) in [5.41, 5.74) is 0. The van der Waals surface area contributed by atoms with Crippen LogP contribution in [0.25, 0.3) is 0 Å². The standard InChI is InChI=1S/C13H21IN3P/c1-2-3-10-18(14,11-4-7-15,12-5-8-16)13-6-9-17/h2-6,10-13H2,1H3. The minimum atomic E-state index is -2.06. The van der Waals surface area contributed by atoms with Crippen molar-refractivity contribution in [2.24, 2.45) is 0 Å². The van der Waals surface area contributed by atoms with Crippen molar-refractivity contribution in [2.75, 3.05) is 24.6 Å². The zero-order chi connectivity index (χ0) is 13.9. The molecule has 0 saturated heterocycles. The number of hydrogen-bond acceptors (Lipinski definition) is 3. The summed E-state index contributed by atoms with van der Waals surface area (Å²) >= 11 is 2.58. The van der Waals surface area contributed by atoms with Crippen LogP contribution in [0.4, 0.5) is 0 Å². The van der Waals surface area contributed by atoms with E-state index in [0.717, 1.165) is 37.5 Å². The van der Waals surface area contributed by atoms with Crippen LogP contribution in [-0.2, 0) is 0 Å². The van der Waals surface area contributed by atoms with Gasteiger partial charge in [0.15, 0.2) is 0 Å². The molecular formula is C13H21IN3P. The van der Waals surface area contributed by atoms with Gasteiger partial charge in [-0.2, -0.15) is 0 Å². The fraction of sp³-hybridized carbons (Fsp3) is 0.769. The van der Waals surface area contributed by atoms with Gasteiger partial charge >= 0.3 is 124 Å².